The molecular weight excluding hydrogens is 853 g/mol. The van der Waals surface area contributed by atoms with Gasteiger partial charge in [0.25, 0.3) is 0 Å². The van der Waals surface area contributed by atoms with Gasteiger partial charge >= 0.3 is 11.9 Å². The highest BCUT2D eigenvalue weighted by Gasteiger charge is 2.47. The van der Waals surface area contributed by atoms with E-state index in [0.717, 1.165) is 38.5 Å². The van der Waals surface area contributed by atoms with E-state index in [1.54, 1.807) is 0 Å². The molecule has 66 heavy (non-hydrogen) atoms. The van der Waals surface area contributed by atoms with E-state index in [9.17, 15) is 45.3 Å². The highest BCUT2D eigenvalue weighted by Crippen LogP contribution is 2.26. The summed E-state index contributed by atoms with van der Waals surface area (Å²) in [5, 5.41) is 72.0. The van der Waals surface area contributed by atoms with Gasteiger partial charge in [-0.25, -0.2) is 0 Å². The molecule has 0 bridgehead atoms. The molecule has 0 radical (unpaired) electrons. The molecule has 2 aliphatic heterocycles. The van der Waals surface area contributed by atoms with E-state index in [4.69, 9.17) is 28.4 Å². The SMILES string of the molecule is CCCCCCCC/C=C/C/C=C/CCCCC(=O)OC[C@H](CO[C@@H]1O[C@H](CO[C@@H]2O[C@H](CO)[C@H](O)C(O)C2O)[C@H](O)C(O)C1O)OC(=O)CC/C=C/CCCCCCCCCCCCC. The molecule has 0 aromatic carbocycles. The van der Waals surface area contributed by atoms with Crippen LogP contribution in [0.2, 0.25) is 0 Å². The van der Waals surface area contributed by atoms with Gasteiger partial charge in [-0.15, -0.1) is 0 Å². The van der Waals surface area contributed by atoms with Crippen LogP contribution in [0.5, 0.6) is 0 Å². The predicted octanol–water partition coefficient (Wildman–Crippen LogP) is 6.93. The van der Waals surface area contributed by atoms with Crippen molar-refractivity contribution in [2.45, 2.75) is 248 Å². The van der Waals surface area contributed by atoms with E-state index in [1.165, 1.54) is 103 Å². The first-order chi connectivity index (χ1) is 32.0. The van der Waals surface area contributed by atoms with Crippen molar-refractivity contribution in [3.05, 3.63) is 36.5 Å². The van der Waals surface area contributed by atoms with Gasteiger partial charge < -0.3 is 64.2 Å². The van der Waals surface area contributed by atoms with Gasteiger partial charge in [-0.05, 0) is 57.8 Å². The molecule has 0 aliphatic carbocycles. The Morgan fingerprint density at radius 3 is 1.48 bits per heavy atom. The number of carbonyl (C=O) groups excluding carboxylic acids is 2. The molecule has 0 amide bonds. The first-order valence-corrected chi connectivity index (χ1v) is 25.6. The van der Waals surface area contributed by atoms with Crippen LogP contribution in [0.1, 0.15) is 181 Å². The largest absolute Gasteiger partial charge is 0.462 e. The second-order valence-corrected chi connectivity index (χ2v) is 18.0. The number of ether oxygens (including phenoxy) is 6. The van der Waals surface area contributed by atoms with Gasteiger partial charge in [0.05, 0.1) is 19.8 Å². The zero-order valence-electron chi connectivity index (χ0n) is 40.4. The molecular formula is C51H90O15. The smallest absolute Gasteiger partial charge is 0.306 e. The first-order valence-electron chi connectivity index (χ1n) is 25.6. The second kappa shape index (κ2) is 38.6. The summed E-state index contributed by atoms with van der Waals surface area (Å²) in [6.45, 7) is 2.51. The molecule has 15 heteroatoms. The van der Waals surface area contributed by atoms with Crippen molar-refractivity contribution in [3.8, 4) is 0 Å². The molecule has 2 fully saturated rings. The van der Waals surface area contributed by atoms with Crippen LogP contribution in [0.25, 0.3) is 0 Å². The fourth-order valence-corrected chi connectivity index (χ4v) is 7.85. The number of esters is 2. The third kappa shape index (κ3) is 26.5. The number of aliphatic hydroxyl groups is 7. The van der Waals surface area contributed by atoms with Crippen LogP contribution in [0, 0.1) is 0 Å². The minimum atomic E-state index is -1.77. The fraction of sp³-hybridized carbons (Fsp3) is 0.843. The van der Waals surface area contributed by atoms with Gasteiger partial charge in [-0.1, -0.05) is 147 Å². The average molecular weight is 943 g/mol. The zero-order valence-corrected chi connectivity index (χ0v) is 40.4. The van der Waals surface area contributed by atoms with Crippen molar-refractivity contribution in [2.24, 2.45) is 0 Å². The van der Waals surface area contributed by atoms with Gasteiger partial charge in [0.15, 0.2) is 18.7 Å². The van der Waals surface area contributed by atoms with Crippen molar-refractivity contribution in [1.82, 2.24) is 0 Å². The van der Waals surface area contributed by atoms with E-state index in [1.807, 2.05) is 6.08 Å². The predicted molar refractivity (Wildman–Crippen MR) is 252 cm³/mol. The number of allylic oxidation sites excluding steroid dienone is 6. The Labute approximate surface area is 395 Å². The van der Waals surface area contributed by atoms with Crippen LogP contribution in [-0.2, 0) is 38.0 Å². The minimum absolute atomic E-state index is 0.0759. The maximum Gasteiger partial charge on any atom is 0.306 e. The molecule has 7 N–H and O–H groups in total. The van der Waals surface area contributed by atoms with Crippen LogP contribution >= 0.6 is 0 Å². The minimum Gasteiger partial charge on any atom is -0.462 e. The summed E-state index contributed by atoms with van der Waals surface area (Å²) in [6, 6.07) is 0. The molecule has 11 atom stereocenters. The van der Waals surface area contributed by atoms with Gasteiger partial charge in [-0.2, -0.15) is 0 Å². The van der Waals surface area contributed by atoms with Crippen LogP contribution in [-0.4, -0.2) is 142 Å². The molecule has 2 heterocycles. The van der Waals surface area contributed by atoms with Crippen LogP contribution < -0.4 is 0 Å². The summed E-state index contributed by atoms with van der Waals surface area (Å²) in [7, 11) is 0. The van der Waals surface area contributed by atoms with Crippen molar-refractivity contribution in [1.29, 1.82) is 0 Å². The summed E-state index contributed by atoms with van der Waals surface area (Å²) in [6.07, 6.45) is 23.3. The zero-order chi connectivity index (χ0) is 48.2. The Morgan fingerprint density at radius 1 is 0.485 bits per heavy atom. The van der Waals surface area contributed by atoms with E-state index in [-0.39, 0.29) is 19.4 Å². The molecule has 15 nitrogen and oxygen atoms in total. The van der Waals surface area contributed by atoms with Crippen LogP contribution in [0.4, 0.5) is 0 Å². The van der Waals surface area contributed by atoms with Crippen molar-refractivity contribution in [3.63, 3.8) is 0 Å². The van der Waals surface area contributed by atoms with Crippen molar-refractivity contribution < 1.29 is 73.8 Å². The Kier molecular flexibility index (Phi) is 35.0. The molecule has 4 unspecified atom stereocenters. The monoisotopic (exact) mass is 943 g/mol. The quantitative estimate of drug-likeness (QED) is 0.0188. The highest BCUT2D eigenvalue weighted by molar-refractivity contribution is 5.70. The van der Waals surface area contributed by atoms with E-state index in [2.05, 4.69) is 44.2 Å². The standard InChI is InChI=1S/C51H90O15/c1-3-5-7-9-11-13-15-17-19-21-23-25-27-29-31-33-42(53)61-36-39(64-43(54)34-32-30-28-26-24-22-20-18-16-14-12-10-8-6-4-2)37-62-50-49(60)47(58)45(56)41(66-50)38-63-51-48(59)46(57)44(55)40(35-52)65-51/h17,19,23,25,28,30,39-41,44-52,55-60H,3-16,18,20-22,24,26-27,29,31-38H2,1-2H3/b19-17+,25-23+,30-28+/t39-,40-,41-,44+,45+,46?,47?,48?,49?,50-,51-/m1/s1. The topological polar surface area (TPSA) is 231 Å². The molecule has 384 valence electrons. The highest BCUT2D eigenvalue weighted by atomic mass is 16.7. The van der Waals surface area contributed by atoms with Gasteiger partial charge in [0, 0.05) is 12.8 Å². The molecule has 0 saturated carbocycles. The number of hydrogen-bond donors (Lipinski definition) is 7. The third-order valence-electron chi connectivity index (χ3n) is 12.1. The van der Waals surface area contributed by atoms with Crippen molar-refractivity contribution in [2.75, 3.05) is 26.4 Å². The van der Waals surface area contributed by atoms with Gasteiger partial charge in [-0.3, -0.25) is 9.59 Å². The Bertz CT molecular complexity index is 1290. The molecule has 0 aromatic rings. The van der Waals surface area contributed by atoms with Crippen LogP contribution in [0.15, 0.2) is 36.5 Å². The Morgan fingerprint density at radius 2 is 0.939 bits per heavy atom. The second-order valence-electron chi connectivity index (χ2n) is 18.0. The summed E-state index contributed by atoms with van der Waals surface area (Å²) in [4.78, 5) is 25.7. The summed E-state index contributed by atoms with van der Waals surface area (Å²) >= 11 is 0. The normalized spacial score (nSPS) is 26.4. The maximum absolute atomic E-state index is 13.0. The Hall–Kier alpha value is -2.28. The lowest BCUT2D eigenvalue weighted by molar-refractivity contribution is -0.332. The summed E-state index contributed by atoms with van der Waals surface area (Å²) in [5.74, 6) is -1.02. The molecule has 0 spiro atoms. The van der Waals surface area contributed by atoms with E-state index in [0.29, 0.717) is 12.8 Å². The first kappa shape index (κ1) is 59.8. The van der Waals surface area contributed by atoms with E-state index < -0.39 is 99.3 Å². The van der Waals surface area contributed by atoms with Crippen LogP contribution in [0.3, 0.4) is 0 Å². The lowest BCUT2D eigenvalue weighted by Crippen LogP contribution is -2.61. The molecule has 2 aliphatic rings. The summed E-state index contributed by atoms with van der Waals surface area (Å²) in [5.41, 5.74) is 0. The Balaban J connectivity index is 1.84. The molecule has 2 rings (SSSR count). The number of unbranched alkanes of at least 4 members (excludes halogenated alkanes) is 19. The summed E-state index contributed by atoms with van der Waals surface area (Å²) < 4.78 is 33.5. The van der Waals surface area contributed by atoms with Crippen molar-refractivity contribution >= 4 is 11.9 Å². The third-order valence-corrected chi connectivity index (χ3v) is 12.1. The number of aliphatic hydroxyl groups excluding tert-OH is 7. The maximum atomic E-state index is 13.0. The number of hydrogen-bond acceptors (Lipinski definition) is 15. The lowest BCUT2D eigenvalue weighted by Gasteiger charge is -2.42. The van der Waals surface area contributed by atoms with Gasteiger partial charge in [0.1, 0.15) is 55.4 Å². The van der Waals surface area contributed by atoms with Gasteiger partial charge in [0.2, 0.25) is 0 Å². The fourth-order valence-electron chi connectivity index (χ4n) is 7.85. The average Bonchev–Trinajstić information content (AvgIpc) is 3.31. The van der Waals surface area contributed by atoms with E-state index >= 15 is 0 Å². The lowest BCUT2D eigenvalue weighted by atomic mass is 9.98. The molecule has 0 aromatic heterocycles. The number of rotatable bonds is 39. The molecule has 2 saturated heterocycles. The number of carbonyl (C=O) groups is 2.